The van der Waals surface area contributed by atoms with Gasteiger partial charge in [0.15, 0.2) is 0 Å². The van der Waals surface area contributed by atoms with E-state index in [1.54, 1.807) is 0 Å². The first-order valence-corrected chi connectivity index (χ1v) is 4.20. The van der Waals surface area contributed by atoms with Crippen LogP contribution in [-0.2, 0) is 4.79 Å². The SMILES string of the molecule is C=C1C(=O)N[C@@H](CC(C)C)[C@H]1O. The highest BCUT2D eigenvalue weighted by molar-refractivity contribution is 5.96. The molecule has 68 valence electrons. The molecule has 1 fully saturated rings. The predicted molar refractivity (Wildman–Crippen MR) is 46.5 cm³/mol. The first-order chi connectivity index (χ1) is 5.52. The molecule has 0 aromatic heterocycles. The molecule has 0 aromatic rings. The standard InChI is InChI=1S/C9H15NO2/c1-5(2)4-7-8(11)6(3)9(12)10-7/h5,7-8,11H,3-4H2,1-2H3,(H,10,12)/t7-,8-/m0/s1. The van der Waals surface area contributed by atoms with Crippen LogP contribution in [0.3, 0.4) is 0 Å². The number of rotatable bonds is 2. The molecule has 12 heavy (non-hydrogen) atoms. The lowest BCUT2D eigenvalue weighted by atomic mass is 9.99. The largest absolute Gasteiger partial charge is 0.386 e. The third-order valence-electron chi connectivity index (χ3n) is 2.07. The Hall–Kier alpha value is -0.830. The Labute approximate surface area is 72.5 Å². The topological polar surface area (TPSA) is 49.3 Å². The van der Waals surface area contributed by atoms with Crippen molar-refractivity contribution in [3.05, 3.63) is 12.2 Å². The summed E-state index contributed by atoms with van der Waals surface area (Å²) in [5, 5.41) is 12.2. The van der Waals surface area contributed by atoms with Gasteiger partial charge in [0, 0.05) is 5.57 Å². The molecule has 0 aliphatic carbocycles. The van der Waals surface area contributed by atoms with E-state index in [1.165, 1.54) is 0 Å². The number of carbonyl (C=O) groups is 1. The molecule has 0 saturated carbocycles. The summed E-state index contributed by atoms with van der Waals surface area (Å²) in [6.07, 6.45) is 0.103. The second-order valence-electron chi connectivity index (χ2n) is 3.68. The van der Waals surface area contributed by atoms with Crippen molar-refractivity contribution in [1.82, 2.24) is 5.32 Å². The molecule has 0 unspecified atom stereocenters. The smallest absolute Gasteiger partial charge is 0.249 e. The number of carbonyl (C=O) groups excluding carboxylic acids is 1. The lowest BCUT2D eigenvalue weighted by Crippen LogP contribution is -2.32. The van der Waals surface area contributed by atoms with Crippen molar-refractivity contribution in [3.63, 3.8) is 0 Å². The Balaban J connectivity index is 2.59. The molecule has 1 aliphatic heterocycles. The summed E-state index contributed by atoms with van der Waals surface area (Å²) >= 11 is 0. The summed E-state index contributed by atoms with van der Waals surface area (Å²) in [5.74, 6) is 0.254. The summed E-state index contributed by atoms with van der Waals surface area (Å²) in [5.41, 5.74) is 0.292. The van der Waals surface area contributed by atoms with E-state index in [0.29, 0.717) is 11.5 Å². The molecule has 0 radical (unpaired) electrons. The molecule has 2 N–H and O–H groups in total. The van der Waals surface area contributed by atoms with Gasteiger partial charge in [0.05, 0.1) is 6.04 Å². The maximum Gasteiger partial charge on any atom is 0.249 e. The van der Waals surface area contributed by atoms with Crippen LogP contribution in [0.25, 0.3) is 0 Å². The highest BCUT2D eigenvalue weighted by Gasteiger charge is 2.34. The molecule has 2 atom stereocenters. The van der Waals surface area contributed by atoms with Crippen LogP contribution in [0.1, 0.15) is 20.3 Å². The van der Waals surface area contributed by atoms with E-state index >= 15 is 0 Å². The van der Waals surface area contributed by atoms with Crippen LogP contribution in [0, 0.1) is 5.92 Å². The molecule has 1 heterocycles. The van der Waals surface area contributed by atoms with Crippen LogP contribution in [-0.4, -0.2) is 23.2 Å². The van der Waals surface area contributed by atoms with Crippen molar-refractivity contribution in [2.24, 2.45) is 5.92 Å². The van der Waals surface area contributed by atoms with Crippen LogP contribution >= 0.6 is 0 Å². The minimum Gasteiger partial charge on any atom is -0.386 e. The molecule has 0 bridgehead atoms. The summed E-state index contributed by atoms with van der Waals surface area (Å²) < 4.78 is 0. The first kappa shape index (κ1) is 9.26. The van der Waals surface area contributed by atoms with Gasteiger partial charge in [0.25, 0.3) is 0 Å². The van der Waals surface area contributed by atoms with Gasteiger partial charge in [-0.2, -0.15) is 0 Å². The normalized spacial score (nSPS) is 29.7. The zero-order chi connectivity index (χ0) is 9.30. The Morgan fingerprint density at radius 3 is 2.58 bits per heavy atom. The van der Waals surface area contributed by atoms with Crippen molar-refractivity contribution in [2.75, 3.05) is 0 Å². The summed E-state index contributed by atoms with van der Waals surface area (Å²) in [7, 11) is 0. The van der Waals surface area contributed by atoms with Gasteiger partial charge in [-0.05, 0) is 12.3 Å². The minimum absolute atomic E-state index is 0.134. The average molecular weight is 169 g/mol. The molecule has 3 nitrogen and oxygen atoms in total. The van der Waals surface area contributed by atoms with Gasteiger partial charge in [0.1, 0.15) is 6.10 Å². The number of hydrogen-bond donors (Lipinski definition) is 2. The van der Waals surface area contributed by atoms with Gasteiger partial charge in [-0.3, -0.25) is 4.79 Å². The number of aliphatic hydroxyl groups is 1. The second kappa shape index (κ2) is 3.27. The fraction of sp³-hybridized carbons (Fsp3) is 0.667. The maximum atomic E-state index is 11.0. The molecule has 0 aromatic carbocycles. The van der Waals surface area contributed by atoms with E-state index in [-0.39, 0.29) is 11.9 Å². The Morgan fingerprint density at radius 2 is 2.25 bits per heavy atom. The van der Waals surface area contributed by atoms with Crippen molar-refractivity contribution < 1.29 is 9.90 Å². The van der Waals surface area contributed by atoms with Crippen LogP contribution in [0.4, 0.5) is 0 Å². The Kier molecular flexibility index (Phi) is 2.52. The molecule has 1 aliphatic rings. The zero-order valence-electron chi connectivity index (χ0n) is 7.50. The van der Waals surface area contributed by atoms with Crippen molar-refractivity contribution >= 4 is 5.91 Å². The third kappa shape index (κ3) is 1.67. The Morgan fingerprint density at radius 1 is 1.67 bits per heavy atom. The van der Waals surface area contributed by atoms with E-state index in [1.807, 2.05) is 0 Å². The van der Waals surface area contributed by atoms with Gasteiger partial charge in [-0.1, -0.05) is 20.4 Å². The van der Waals surface area contributed by atoms with E-state index < -0.39 is 6.10 Å². The fourth-order valence-electron chi connectivity index (χ4n) is 1.41. The van der Waals surface area contributed by atoms with E-state index in [9.17, 15) is 9.90 Å². The van der Waals surface area contributed by atoms with Gasteiger partial charge in [-0.25, -0.2) is 0 Å². The lowest BCUT2D eigenvalue weighted by molar-refractivity contribution is -0.116. The molecule has 0 spiro atoms. The number of amides is 1. The molecule has 1 saturated heterocycles. The molecular weight excluding hydrogens is 154 g/mol. The predicted octanol–water partition coefficient (Wildman–Crippen LogP) is 0.448. The summed E-state index contributed by atoms with van der Waals surface area (Å²) in [4.78, 5) is 11.0. The van der Waals surface area contributed by atoms with E-state index in [4.69, 9.17) is 0 Å². The van der Waals surface area contributed by atoms with Gasteiger partial charge in [0.2, 0.25) is 5.91 Å². The maximum absolute atomic E-state index is 11.0. The van der Waals surface area contributed by atoms with Crippen LogP contribution < -0.4 is 5.32 Å². The zero-order valence-corrected chi connectivity index (χ0v) is 7.50. The lowest BCUT2D eigenvalue weighted by Gasteiger charge is -2.15. The second-order valence-corrected chi connectivity index (χ2v) is 3.68. The van der Waals surface area contributed by atoms with Crippen LogP contribution in [0.5, 0.6) is 0 Å². The monoisotopic (exact) mass is 169 g/mol. The highest BCUT2D eigenvalue weighted by atomic mass is 16.3. The van der Waals surface area contributed by atoms with Crippen molar-refractivity contribution in [1.29, 1.82) is 0 Å². The van der Waals surface area contributed by atoms with Crippen molar-refractivity contribution in [2.45, 2.75) is 32.4 Å². The molecular formula is C9H15NO2. The number of hydrogen-bond acceptors (Lipinski definition) is 2. The number of nitrogens with one attached hydrogen (secondary N) is 1. The first-order valence-electron chi connectivity index (χ1n) is 4.20. The molecule has 1 amide bonds. The average Bonchev–Trinajstić information content (AvgIpc) is 2.17. The number of aliphatic hydroxyl groups excluding tert-OH is 1. The Bertz CT molecular complexity index is 211. The third-order valence-corrected chi connectivity index (χ3v) is 2.07. The summed E-state index contributed by atoms with van der Waals surface area (Å²) in [6.45, 7) is 7.62. The van der Waals surface area contributed by atoms with Crippen LogP contribution in [0.15, 0.2) is 12.2 Å². The van der Waals surface area contributed by atoms with Gasteiger partial charge in [-0.15, -0.1) is 0 Å². The van der Waals surface area contributed by atoms with Crippen molar-refractivity contribution in [3.8, 4) is 0 Å². The summed E-state index contributed by atoms with van der Waals surface area (Å²) in [6, 6.07) is -0.134. The van der Waals surface area contributed by atoms with E-state index in [2.05, 4.69) is 25.7 Å². The van der Waals surface area contributed by atoms with Crippen LogP contribution in [0.2, 0.25) is 0 Å². The molecule has 1 rings (SSSR count). The van der Waals surface area contributed by atoms with Gasteiger partial charge < -0.3 is 10.4 Å². The quantitative estimate of drug-likeness (QED) is 0.589. The van der Waals surface area contributed by atoms with E-state index in [0.717, 1.165) is 6.42 Å². The fourth-order valence-corrected chi connectivity index (χ4v) is 1.41. The minimum atomic E-state index is -0.695. The van der Waals surface area contributed by atoms with Gasteiger partial charge >= 0.3 is 0 Å². The highest BCUT2D eigenvalue weighted by Crippen LogP contribution is 2.19. The molecule has 3 heteroatoms.